The Hall–Kier alpha value is -1.19. The third kappa shape index (κ3) is 4.39. The summed E-state index contributed by atoms with van der Waals surface area (Å²) in [6, 6.07) is 3.60. The summed E-state index contributed by atoms with van der Waals surface area (Å²) < 4.78 is 26.2. The molecule has 0 fully saturated rings. The van der Waals surface area contributed by atoms with Crippen molar-refractivity contribution < 1.29 is 8.78 Å². The van der Waals surface area contributed by atoms with E-state index in [-0.39, 0.29) is 5.92 Å². The smallest absolute Gasteiger partial charge is 0.126 e. The van der Waals surface area contributed by atoms with Crippen LogP contribution >= 0.6 is 23.2 Å². The zero-order valence-corrected chi connectivity index (χ0v) is 13.1. The molecule has 0 amide bonds. The number of hydrogen-bond donors (Lipinski definition) is 0. The predicted molar refractivity (Wildman–Crippen MR) is 82.0 cm³/mol. The van der Waals surface area contributed by atoms with Gasteiger partial charge < -0.3 is 0 Å². The van der Waals surface area contributed by atoms with Crippen LogP contribution in [-0.2, 0) is 6.42 Å². The highest BCUT2D eigenvalue weighted by atomic mass is 35.5. The molecule has 1 aromatic heterocycles. The van der Waals surface area contributed by atoms with E-state index in [1.807, 2.05) is 6.92 Å². The second-order valence-corrected chi connectivity index (χ2v) is 5.90. The van der Waals surface area contributed by atoms with Gasteiger partial charge >= 0.3 is 0 Å². The maximum absolute atomic E-state index is 13.1. The molecule has 2 rings (SSSR count). The van der Waals surface area contributed by atoms with E-state index in [0.29, 0.717) is 22.0 Å². The summed E-state index contributed by atoms with van der Waals surface area (Å²) in [7, 11) is 0. The molecule has 1 aromatic carbocycles. The van der Waals surface area contributed by atoms with Crippen LogP contribution in [0.5, 0.6) is 0 Å². The summed E-state index contributed by atoms with van der Waals surface area (Å²) in [6.07, 6.45) is 5.36. The van der Waals surface area contributed by atoms with Crippen LogP contribution in [0.4, 0.5) is 8.78 Å². The van der Waals surface area contributed by atoms with Crippen molar-refractivity contribution in [1.29, 1.82) is 0 Å². The first-order valence-corrected chi connectivity index (χ1v) is 7.47. The number of aryl methyl sites for hydroxylation is 1. The Balaban J connectivity index is 1.97. The summed E-state index contributed by atoms with van der Waals surface area (Å²) in [4.78, 5) is 3.93. The Labute approximate surface area is 132 Å². The molecule has 1 heterocycles. The Kier molecular flexibility index (Phi) is 5.54. The number of aromatic nitrogens is 1. The fraction of sp³-hybridized carbons (Fsp3) is 0.312. The van der Waals surface area contributed by atoms with E-state index in [4.69, 9.17) is 23.2 Å². The Morgan fingerprint density at radius 1 is 1.05 bits per heavy atom. The van der Waals surface area contributed by atoms with Crippen molar-refractivity contribution in [2.24, 2.45) is 0 Å². The lowest BCUT2D eigenvalue weighted by Gasteiger charge is -2.14. The zero-order valence-electron chi connectivity index (χ0n) is 11.5. The molecule has 0 spiro atoms. The predicted octanol–water partition coefficient (Wildman–Crippen LogP) is 5.79. The minimum Gasteiger partial charge on any atom is -0.262 e. The number of pyridine rings is 1. The highest BCUT2D eigenvalue weighted by molar-refractivity contribution is 6.35. The minimum atomic E-state index is -0.543. The minimum absolute atomic E-state index is 0.159. The van der Waals surface area contributed by atoms with Crippen LogP contribution in [0.2, 0.25) is 10.0 Å². The average molecular weight is 330 g/mol. The molecule has 21 heavy (non-hydrogen) atoms. The third-order valence-electron chi connectivity index (χ3n) is 3.41. The van der Waals surface area contributed by atoms with Gasteiger partial charge in [-0.2, -0.15) is 0 Å². The summed E-state index contributed by atoms with van der Waals surface area (Å²) >= 11 is 12.2. The van der Waals surface area contributed by atoms with E-state index < -0.39 is 11.6 Å². The highest BCUT2D eigenvalue weighted by Crippen LogP contribution is 2.33. The van der Waals surface area contributed by atoms with Gasteiger partial charge in [0.15, 0.2) is 0 Å². The van der Waals surface area contributed by atoms with Gasteiger partial charge in [0.1, 0.15) is 11.6 Å². The quantitative estimate of drug-likeness (QED) is 0.676. The molecule has 0 N–H and O–H groups in total. The molecule has 1 nitrogen and oxygen atoms in total. The maximum atomic E-state index is 13.1. The van der Waals surface area contributed by atoms with Gasteiger partial charge in [0.2, 0.25) is 0 Å². The van der Waals surface area contributed by atoms with Crippen LogP contribution in [0.25, 0.3) is 0 Å². The average Bonchev–Trinajstić information content (AvgIpc) is 2.37. The zero-order chi connectivity index (χ0) is 15.4. The highest BCUT2D eigenvalue weighted by Gasteiger charge is 2.14. The molecular weight excluding hydrogens is 315 g/mol. The second kappa shape index (κ2) is 7.19. The fourth-order valence-electron chi connectivity index (χ4n) is 2.40. The molecule has 0 aliphatic carbocycles. The van der Waals surface area contributed by atoms with Crippen LogP contribution in [0, 0.1) is 11.6 Å². The largest absolute Gasteiger partial charge is 0.262 e. The number of nitrogens with zero attached hydrogens (tertiary/aromatic N) is 1. The lowest BCUT2D eigenvalue weighted by atomic mass is 9.95. The van der Waals surface area contributed by atoms with Gasteiger partial charge in [-0.05, 0) is 48.4 Å². The SMILES string of the molecule is CC(CCCc1cc(F)cc(F)c1)c1c(Cl)cncc1Cl. The van der Waals surface area contributed by atoms with E-state index in [1.165, 1.54) is 12.1 Å². The first kappa shape index (κ1) is 16.2. The Bertz CT molecular complexity index is 591. The van der Waals surface area contributed by atoms with Crippen LogP contribution in [0.1, 0.15) is 36.8 Å². The molecule has 5 heteroatoms. The molecule has 1 unspecified atom stereocenters. The molecule has 112 valence electrons. The summed E-state index contributed by atoms with van der Waals surface area (Å²) in [5.74, 6) is -0.928. The van der Waals surface area contributed by atoms with Gasteiger partial charge in [0, 0.05) is 18.5 Å². The van der Waals surface area contributed by atoms with E-state index in [2.05, 4.69) is 4.98 Å². The van der Waals surface area contributed by atoms with Crippen LogP contribution < -0.4 is 0 Å². The second-order valence-electron chi connectivity index (χ2n) is 5.09. The summed E-state index contributed by atoms with van der Waals surface area (Å²) in [5.41, 5.74) is 1.53. The molecule has 2 aromatic rings. The number of benzene rings is 1. The fourth-order valence-corrected chi connectivity index (χ4v) is 3.14. The molecule has 0 saturated heterocycles. The standard InChI is InChI=1S/C16H15Cl2F2N/c1-10(16-14(17)8-21-9-15(16)18)3-2-4-11-5-12(19)7-13(20)6-11/h5-10H,2-4H2,1H3. The summed E-state index contributed by atoms with van der Waals surface area (Å²) in [5, 5.41) is 1.10. The van der Waals surface area contributed by atoms with E-state index in [9.17, 15) is 8.78 Å². The van der Waals surface area contributed by atoms with Crippen LogP contribution in [-0.4, -0.2) is 4.98 Å². The molecule has 0 bridgehead atoms. The van der Waals surface area contributed by atoms with Crippen molar-refractivity contribution in [1.82, 2.24) is 4.98 Å². The van der Waals surface area contributed by atoms with Crippen LogP contribution in [0.3, 0.4) is 0 Å². The van der Waals surface area contributed by atoms with Gasteiger partial charge in [-0.3, -0.25) is 4.98 Å². The van der Waals surface area contributed by atoms with Gasteiger partial charge in [0.05, 0.1) is 10.0 Å². The number of halogens is 4. The first-order valence-electron chi connectivity index (χ1n) is 6.71. The molecule has 0 aliphatic rings. The van der Waals surface area contributed by atoms with E-state index in [1.54, 1.807) is 12.4 Å². The van der Waals surface area contributed by atoms with Crippen molar-refractivity contribution in [3.63, 3.8) is 0 Å². The van der Waals surface area contributed by atoms with E-state index in [0.717, 1.165) is 24.5 Å². The van der Waals surface area contributed by atoms with E-state index >= 15 is 0 Å². The Morgan fingerprint density at radius 2 is 1.62 bits per heavy atom. The normalized spacial score (nSPS) is 12.4. The van der Waals surface area contributed by atoms with Crippen molar-refractivity contribution in [2.75, 3.05) is 0 Å². The first-order chi connectivity index (χ1) is 9.97. The van der Waals surface area contributed by atoms with Gasteiger partial charge in [-0.1, -0.05) is 30.1 Å². The lowest BCUT2D eigenvalue weighted by Crippen LogP contribution is -1.99. The van der Waals surface area contributed by atoms with Crippen molar-refractivity contribution >= 4 is 23.2 Å². The maximum Gasteiger partial charge on any atom is 0.126 e. The summed E-state index contributed by atoms with van der Waals surface area (Å²) in [6.45, 7) is 2.03. The molecule has 1 atom stereocenters. The number of hydrogen-bond acceptors (Lipinski definition) is 1. The van der Waals surface area contributed by atoms with Crippen LogP contribution in [0.15, 0.2) is 30.6 Å². The Morgan fingerprint density at radius 3 is 2.19 bits per heavy atom. The third-order valence-corrected chi connectivity index (χ3v) is 4.01. The molecule has 0 saturated carbocycles. The number of rotatable bonds is 5. The molecular formula is C16H15Cl2F2N. The molecule has 0 radical (unpaired) electrons. The monoisotopic (exact) mass is 329 g/mol. The van der Waals surface area contributed by atoms with Crippen molar-refractivity contribution in [2.45, 2.75) is 32.1 Å². The lowest BCUT2D eigenvalue weighted by molar-refractivity contribution is 0.575. The molecule has 0 aliphatic heterocycles. The van der Waals surface area contributed by atoms with Crippen molar-refractivity contribution in [3.8, 4) is 0 Å². The van der Waals surface area contributed by atoms with Gasteiger partial charge in [-0.15, -0.1) is 0 Å². The topological polar surface area (TPSA) is 12.9 Å². The van der Waals surface area contributed by atoms with Gasteiger partial charge in [-0.25, -0.2) is 8.78 Å². The van der Waals surface area contributed by atoms with Gasteiger partial charge in [0.25, 0.3) is 0 Å². The van der Waals surface area contributed by atoms with Crippen molar-refractivity contribution in [3.05, 3.63) is 63.4 Å².